The summed E-state index contributed by atoms with van der Waals surface area (Å²) in [5.74, 6) is 0.388. The van der Waals surface area contributed by atoms with Crippen LogP contribution in [0.25, 0.3) is 0 Å². The van der Waals surface area contributed by atoms with E-state index in [0.717, 1.165) is 17.9 Å². The minimum atomic E-state index is -3.58. The van der Waals surface area contributed by atoms with E-state index in [1.54, 1.807) is 30.6 Å². The molecular weight excluding hydrogens is 378 g/mol. The van der Waals surface area contributed by atoms with Crippen LogP contribution < -0.4 is 5.32 Å². The van der Waals surface area contributed by atoms with Crippen LogP contribution in [0.3, 0.4) is 0 Å². The van der Waals surface area contributed by atoms with Crippen LogP contribution in [0.1, 0.15) is 31.2 Å². The van der Waals surface area contributed by atoms with Crippen LogP contribution in [0.15, 0.2) is 35.5 Å². The Morgan fingerprint density at radius 2 is 2.04 bits per heavy atom. The Bertz CT molecular complexity index is 908. The standard InChI is InChI=1S/C19H27N5O3S/c1-3-23-14-21-22-18(23)10-11-20-19(25)16-5-4-12-24(13-16)28(26,27)17-8-6-15(2)7-9-17/h6-9,14,16H,3-5,10-13H2,1-2H3,(H,20,25). The molecule has 8 nitrogen and oxygen atoms in total. The van der Waals surface area contributed by atoms with Gasteiger partial charge in [-0.15, -0.1) is 10.2 Å². The third kappa shape index (κ3) is 4.59. The zero-order chi connectivity index (χ0) is 20.1. The van der Waals surface area contributed by atoms with Crippen LogP contribution in [-0.4, -0.2) is 53.0 Å². The minimum Gasteiger partial charge on any atom is -0.355 e. The summed E-state index contributed by atoms with van der Waals surface area (Å²) in [6.45, 7) is 5.83. The Labute approximate surface area is 166 Å². The van der Waals surface area contributed by atoms with Gasteiger partial charge in [-0.1, -0.05) is 17.7 Å². The van der Waals surface area contributed by atoms with E-state index in [1.165, 1.54) is 4.31 Å². The number of hydrogen-bond acceptors (Lipinski definition) is 5. The monoisotopic (exact) mass is 405 g/mol. The highest BCUT2D eigenvalue weighted by atomic mass is 32.2. The second-order valence-electron chi connectivity index (χ2n) is 7.09. The molecule has 1 unspecified atom stereocenters. The molecule has 1 N–H and O–H groups in total. The van der Waals surface area contributed by atoms with Crippen molar-refractivity contribution >= 4 is 15.9 Å². The topological polar surface area (TPSA) is 97.2 Å². The molecule has 1 saturated heterocycles. The van der Waals surface area contributed by atoms with Crippen molar-refractivity contribution in [1.82, 2.24) is 24.4 Å². The third-order valence-corrected chi connectivity index (χ3v) is 6.98. The number of nitrogens with zero attached hydrogens (tertiary/aromatic N) is 4. The lowest BCUT2D eigenvalue weighted by Gasteiger charge is -2.31. The van der Waals surface area contributed by atoms with Gasteiger partial charge in [-0.2, -0.15) is 4.31 Å². The molecule has 1 aliphatic heterocycles. The van der Waals surface area contributed by atoms with E-state index in [-0.39, 0.29) is 23.3 Å². The lowest BCUT2D eigenvalue weighted by Crippen LogP contribution is -2.45. The predicted molar refractivity (Wildman–Crippen MR) is 105 cm³/mol. The fourth-order valence-corrected chi connectivity index (χ4v) is 4.94. The number of aromatic nitrogens is 3. The van der Waals surface area contributed by atoms with Gasteiger partial charge in [-0.3, -0.25) is 4.79 Å². The SMILES string of the molecule is CCn1cnnc1CCNC(=O)C1CCCN(S(=O)(=O)c2ccc(C)cc2)C1. The van der Waals surface area contributed by atoms with E-state index in [9.17, 15) is 13.2 Å². The molecular formula is C19H27N5O3S. The summed E-state index contributed by atoms with van der Waals surface area (Å²) in [4.78, 5) is 12.8. The Hall–Kier alpha value is -2.26. The maximum atomic E-state index is 12.9. The van der Waals surface area contributed by atoms with Crippen molar-refractivity contribution in [2.75, 3.05) is 19.6 Å². The van der Waals surface area contributed by atoms with Crippen molar-refractivity contribution in [2.45, 2.75) is 44.6 Å². The molecule has 1 fully saturated rings. The molecule has 2 heterocycles. The molecule has 0 radical (unpaired) electrons. The first-order valence-electron chi connectivity index (χ1n) is 9.63. The molecule has 0 spiro atoms. The second-order valence-corrected chi connectivity index (χ2v) is 9.03. The van der Waals surface area contributed by atoms with E-state index in [2.05, 4.69) is 15.5 Å². The first-order chi connectivity index (χ1) is 13.4. The van der Waals surface area contributed by atoms with Gasteiger partial charge in [0.1, 0.15) is 12.2 Å². The number of hydrogen-bond donors (Lipinski definition) is 1. The summed E-state index contributed by atoms with van der Waals surface area (Å²) in [5.41, 5.74) is 1.01. The first kappa shape index (κ1) is 20.5. The normalized spacial score (nSPS) is 18.1. The molecule has 1 aromatic carbocycles. The molecule has 28 heavy (non-hydrogen) atoms. The Balaban J connectivity index is 1.58. The predicted octanol–water partition coefficient (Wildman–Crippen LogP) is 1.37. The molecule has 152 valence electrons. The highest BCUT2D eigenvalue weighted by molar-refractivity contribution is 7.89. The van der Waals surface area contributed by atoms with Crippen molar-refractivity contribution in [1.29, 1.82) is 0 Å². The largest absolute Gasteiger partial charge is 0.355 e. The Kier molecular flexibility index (Phi) is 6.46. The molecule has 1 atom stereocenters. The number of rotatable bonds is 7. The van der Waals surface area contributed by atoms with Crippen LogP contribution >= 0.6 is 0 Å². The van der Waals surface area contributed by atoms with Gasteiger partial charge in [0.25, 0.3) is 0 Å². The summed E-state index contributed by atoms with van der Waals surface area (Å²) >= 11 is 0. The summed E-state index contributed by atoms with van der Waals surface area (Å²) in [6, 6.07) is 6.82. The van der Waals surface area contributed by atoms with Crippen molar-refractivity contribution in [3.05, 3.63) is 42.0 Å². The highest BCUT2D eigenvalue weighted by Gasteiger charge is 2.33. The number of aryl methyl sites for hydroxylation is 2. The van der Waals surface area contributed by atoms with E-state index >= 15 is 0 Å². The van der Waals surface area contributed by atoms with Gasteiger partial charge < -0.3 is 9.88 Å². The molecule has 0 bridgehead atoms. The zero-order valence-corrected chi connectivity index (χ0v) is 17.2. The number of nitrogens with one attached hydrogen (secondary N) is 1. The quantitative estimate of drug-likeness (QED) is 0.750. The van der Waals surface area contributed by atoms with Gasteiger partial charge in [-0.25, -0.2) is 8.42 Å². The highest BCUT2D eigenvalue weighted by Crippen LogP contribution is 2.24. The Morgan fingerprint density at radius 3 is 2.75 bits per heavy atom. The molecule has 0 saturated carbocycles. The molecule has 0 aliphatic carbocycles. The van der Waals surface area contributed by atoms with Crippen LogP contribution in [0.2, 0.25) is 0 Å². The second kappa shape index (κ2) is 8.83. The lowest BCUT2D eigenvalue weighted by atomic mass is 9.99. The fourth-order valence-electron chi connectivity index (χ4n) is 3.41. The van der Waals surface area contributed by atoms with E-state index in [4.69, 9.17) is 0 Å². The average molecular weight is 406 g/mol. The van der Waals surface area contributed by atoms with E-state index < -0.39 is 10.0 Å². The lowest BCUT2D eigenvalue weighted by molar-refractivity contribution is -0.126. The average Bonchev–Trinajstić information content (AvgIpc) is 3.16. The van der Waals surface area contributed by atoms with Crippen LogP contribution in [0.5, 0.6) is 0 Å². The number of piperidine rings is 1. The van der Waals surface area contributed by atoms with Crippen LogP contribution in [-0.2, 0) is 27.8 Å². The van der Waals surface area contributed by atoms with Crippen LogP contribution in [0, 0.1) is 12.8 Å². The number of amides is 1. The van der Waals surface area contributed by atoms with E-state index in [0.29, 0.717) is 32.4 Å². The van der Waals surface area contributed by atoms with Gasteiger partial charge in [0.2, 0.25) is 15.9 Å². The molecule has 1 aromatic heterocycles. The van der Waals surface area contributed by atoms with Crippen molar-refractivity contribution < 1.29 is 13.2 Å². The summed E-state index contributed by atoms with van der Waals surface area (Å²) in [5, 5.41) is 10.9. The van der Waals surface area contributed by atoms with Gasteiger partial charge in [0, 0.05) is 32.6 Å². The van der Waals surface area contributed by atoms with Gasteiger partial charge in [-0.05, 0) is 38.8 Å². The number of carbonyl (C=O) groups excluding carboxylic acids is 1. The molecule has 1 amide bonds. The van der Waals surface area contributed by atoms with Gasteiger partial charge >= 0.3 is 0 Å². The molecule has 1 aliphatic rings. The number of benzene rings is 1. The van der Waals surface area contributed by atoms with Gasteiger partial charge in [0.05, 0.1) is 10.8 Å². The summed E-state index contributed by atoms with van der Waals surface area (Å²) in [6.07, 6.45) is 3.63. The molecule has 9 heteroatoms. The zero-order valence-electron chi connectivity index (χ0n) is 16.3. The van der Waals surface area contributed by atoms with Crippen molar-refractivity contribution in [3.8, 4) is 0 Å². The fraction of sp³-hybridized carbons (Fsp3) is 0.526. The smallest absolute Gasteiger partial charge is 0.243 e. The number of carbonyl (C=O) groups is 1. The maximum absolute atomic E-state index is 12.9. The van der Waals surface area contributed by atoms with Crippen molar-refractivity contribution in [2.24, 2.45) is 5.92 Å². The molecule has 3 rings (SSSR count). The molecule has 2 aromatic rings. The number of sulfonamides is 1. The van der Waals surface area contributed by atoms with Crippen LogP contribution in [0.4, 0.5) is 0 Å². The minimum absolute atomic E-state index is 0.105. The first-order valence-corrected chi connectivity index (χ1v) is 11.1. The Morgan fingerprint density at radius 1 is 1.29 bits per heavy atom. The summed E-state index contributed by atoms with van der Waals surface area (Å²) < 4.78 is 29.1. The third-order valence-electron chi connectivity index (χ3n) is 5.10. The van der Waals surface area contributed by atoms with Gasteiger partial charge in [0.15, 0.2) is 0 Å². The summed E-state index contributed by atoms with van der Waals surface area (Å²) in [7, 11) is -3.58. The van der Waals surface area contributed by atoms with E-state index in [1.807, 2.05) is 18.4 Å². The maximum Gasteiger partial charge on any atom is 0.243 e. The van der Waals surface area contributed by atoms with Crippen molar-refractivity contribution in [3.63, 3.8) is 0 Å².